The number of amides is 1. The summed E-state index contributed by atoms with van der Waals surface area (Å²) in [6.07, 6.45) is 0. The fourth-order valence-corrected chi connectivity index (χ4v) is 2.29. The molecule has 2 aromatic carbocycles. The molecule has 0 aliphatic carbocycles. The number of ether oxygens (including phenoxy) is 1. The first-order chi connectivity index (χ1) is 11.9. The van der Waals surface area contributed by atoms with Gasteiger partial charge in [0.2, 0.25) is 0 Å². The number of halogens is 2. The van der Waals surface area contributed by atoms with Crippen LogP contribution >= 0.6 is 27.5 Å². The predicted molar refractivity (Wildman–Crippen MR) is 94.4 cm³/mol. The van der Waals surface area contributed by atoms with Crippen molar-refractivity contribution in [3.05, 3.63) is 73.2 Å². The van der Waals surface area contributed by atoms with E-state index in [0.717, 1.165) is 16.1 Å². The van der Waals surface area contributed by atoms with Gasteiger partial charge in [0.1, 0.15) is 18.2 Å². The molecule has 2 rings (SSSR count). The van der Waals surface area contributed by atoms with Gasteiger partial charge in [0.15, 0.2) is 0 Å². The Morgan fingerprint density at radius 2 is 1.88 bits per heavy atom. The molecule has 130 valence electrons. The molecule has 0 saturated heterocycles. The third-order valence-electron chi connectivity index (χ3n) is 3.11. The molecule has 0 bridgehead atoms. The SMILES string of the molecule is O=C(CNC(=O)c1ccc(Cl)c([N+](=O)[O-])c1)OCc1ccc(Br)cc1. The second-order valence-corrected chi connectivity index (χ2v) is 6.22. The molecule has 0 aliphatic heterocycles. The zero-order valence-electron chi connectivity index (χ0n) is 12.7. The number of hydrogen-bond donors (Lipinski definition) is 1. The highest BCUT2D eigenvalue weighted by atomic mass is 79.9. The smallest absolute Gasteiger partial charge is 0.325 e. The van der Waals surface area contributed by atoms with E-state index in [4.69, 9.17) is 16.3 Å². The number of nitrogens with zero attached hydrogens (tertiary/aromatic N) is 1. The molecule has 0 aromatic heterocycles. The topological polar surface area (TPSA) is 98.5 Å². The number of benzene rings is 2. The van der Waals surface area contributed by atoms with Crippen molar-refractivity contribution in [2.24, 2.45) is 0 Å². The van der Waals surface area contributed by atoms with Gasteiger partial charge in [-0.3, -0.25) is 19.7 Å². The minimum atomic E-state index is -0.689. The summed E-state index contributed by atoms with van der Waals surface area (Å²) < 4.78 is 5.95. The van der Waals surface area contributed by atoms with Crippen LogP contribution < -0.4 is 5.32 Å². The summed E-state index contributed by atoms with van der Waals surface area (Å²) in [6, 6.07) is 10.9. The molecule has 0 radical (unpaired) electrons. The van der Waals surface area contributed by atoms with Gasteiger partial charge in [-0.25, -0.2) is 0 Å². The third kappa shape index (κ3) is 5.54. The Hall–Kier alpha value is -2.45. The number of esters is 1. The van der Waals surface area contributed by atoms with Gasteiger partial charge in [-0.1, -0.05) is 39.7 Å². The van der Waals surface area contributed by atoms with Crippen molar-refractivity contribution >= 4 is 45.1 Å². The van der Waals surface area contributed by atoms with Crippen LogP contribution in [0.1, 0.15) is 15.9 Å². The van der Waals surface area contributed by atoms with E-state index in [1.165, 1.54) is 12.1 Å². The third-order valence-corrected chi connectivity index (χ3v) is 3.96. The fourth-order valence-electron chi connectivity index (χ4n) is 1.84. The van der Waals surface area contributed by atoms with E-state index in [-0.39, 0.29) is 29.4 Å². The summed E-state index contributed by atoms with van der Waals surface area (Å²) in [5, 5.41) is 13.1. The van der Waals surface area contributed by atoms with Crippen molar-refractivity contribution < 1.29 is 19.2 Å². The molecule has 0 heterocycles. The van der Waals surface area contributed by atoms with Gasteiger partial charge >= 0.3 is 5.97 Å². The number of nitro groups is 1. The second kappa shape index (κ2) is 8.59. The van der Waals surface area contributed by atoms with Gasteiger partial charge in [0.05, 0.1) is 4.92 Å². The molecule has 0 fully saturated rings. The van der Waals surface area contributed by atoms with E-state index < -0.39 is 16.8 Å². The van der Waals surface area contributed by atoms with Gasteiger partial charge in [-0.05, 0) is 29.8 Å². The molecule has 0 spiro atoms. The minimum absolute atomic E-state index is 0.0248. The first-order valence-corrected chi connectivity index (χ1v) is 8.16. The van der Waals surface area contributed by atoms with Crippen LogP contribution in [0.15, 0.2) is 46.9 Å². The summed E-state index contributed by atoms with van der Waals surface area (Å²) in [6.45, 7) is -0.278. The fraction of sp³-hybridized carbons (Fsp3) is 0.125. The molecule has 0 unspecified atom stereocenters. The van der Waals surface area contributed by atoms with E-state index in [1.807, 2.05) is 12.1 Å². The Morgan fingerprint density at radius 3 is 2.52 bits per heavy atom. The van der Waals surface area contributed by atoms with Crippen LogP contribution in [0.25, 0.3) is 0 Å². The highest BCUT2D eigenvalue weighted by Crippen LogP contribution is 2.24. The van der Waals surface area contributed by atoms with Crippen LogP contribution in [-0.2, 0) is 16.1 Å². The molecule has 1 N–H and O–H groups in total. The zero-order valence-corrected chi connectivity index (χ0v) is 15.0. The summed E-state index contributed by atoms with van der Waals surface area (Å²) in [4.78, 5) is 33.8. The van der Waals surface area contributed by atoms with E-state index >= 15 is 0 Å². The number of hydrogen-bond acceptors (Lipinski definition) is 5. The van der Waals surface area contributed by atoms with Crippen LogP contribution in [0.4, 0.5) is 5.69 Å². The van der Waals surface area contributed by atoms with E-state index in [1.54, 1.807) is 12.1 Å². The monoisotopic (exact) mass is 426 g/mol. The standard InChI is InChI=1S/C16H12BrClN2O5/c17-12-4-1-10(2-5-12)9-25-15(21)8-19-16(22)11-3-6-13(18)14(7-11)20(23)24/h1-7H,8-9H2,(H,19,22). The van der Waals surface area contributed by atoms with Crippen LogP contribution in [-0.4, -0.2) is 23.3 Å². The van der Waals surface area contributed by atoms with E-state index in [9.17, 15) is 19.7 Å². The van der Waals surface area contributed by atoms with E-state index in [2.05, 4.69) is 21.2 Å². The van der Waals surface area contributed by atoms with Crippen molar-refractivity contribution in [1.29, 1.82) is 0 Å². The van der Waals surface area contributed by atoms with Crippen LogP contribution in [0.5, 0.6) is 0 Å². The molecule has 2 aromatic rings. The largest absolute Gasteiger partial charge is 0.460 e. The molecule has 1 amide bonds. The average Bonchev–Trinajstić information content (AvgIpc) is 2.59. The maximum absolute atomic E-state index is 12.0. The van der Waals surface area contributed by atoms with Crippen molar-refractivity contribution in [2.75, 3.05) is 6.54 Å². The molecule has 0 saturated carbocycles. The summed E-state index contributed by atoms with van der Waals surface area (Å²) in [5.74, 6) is -1.26. The number of rotatable bonds is 6. The van der Waals surface area contributed by atoms with Crippen molar-refractivity contribution in [2.45, 2.75) is 6.61 Å². The summed E-state index contributed by atoms with van der Waals surface area (Å²) in [7, 11) is 0. The average molecular weight is 428 g/mol. The Balaban J connectivity index is 1.87. The Morgan fingerprint density at radius 1 is 1.20 bits per heavy atom. The first-order valence-electron chi connectivity index (χ1n) is 6.99. The number of carbonyl (C=O) groups excluding carboxylic acids is 2. The van der Waals surface area contributed by atoms with Gasteiger partial charge in [0.25, 0.3) is 11.6 Å². The van der Waals surface area contributed by atoms with Gasteiger partial charge in [0, 0.05) is 16.1 Å². The normalized spacial score (nSPS) is 10.2. The summed E-state index contributed by atoms with van der Waals surface area (Å²) in [5.41, 5.74) is 0.445. The first kappa shape index (κ1) is 18.9. The maximum Gasteiger partial charge on any atom is 0.325 e. The predicted octanol–water partition coefficient (Wildman–Crippen LogP) is 3.48. The number of carbonyl (C=O) groups is 2. The van der Waals surface area contributed by atoms with Gasteiger partial charge in [-0.2, -0.15) is 0 Å². The molecule has 9 heteroatoms. The van der Waals surface area contributed by atoms with Crippen LogP contribution in [0.2, 0.25) is 5.02 Å². The van der Waals surface area contributed by atoms with Crippen molar-refractivity contribution in [1.82, 2.24) is 5.32 Å². The lowest BCUT2D eigenvalue weighted by Gasteiger charge is -2.07. The number of nitrogens with one attached hydrogen (secondary N) is 1. The molecule has 25 heavy (non-hydrogen) atoms. The Bertz CT molecular complexity index is 811. The highest BCUT2D eigenvalue weighted by molar-refractivity contribution is 9.10. The van der Waals surface area contributed by atoms with Crippen LogP contribution in [0.3, 0.4) is 0 Å². The Kier molecular flexibility index (Phi) is 6.49. The lowest BCUT2D eigenvalue weighted by atomic mass is 10.2. The van der Waals surface area contributed by atoms with Crippen molar-refractivity contribution in [3.8, 4) is 0 Å². The molecular formula is C16H12BrClN2O5. The van der Waals surface area contributed by atoms with Gasteiger partial charge < -0.3 is 10.1 Å². The minimum Gasteiger partial charge on any atom is -0.460 e. The molecule has 7 nitrogen and oxygen atoms in total. The van der Waals surface area contributed by atoms with Crippen molar-refractivity contribution in [3.63, 3.8) is 0 Å². The van der Waals surface area contributed by atoms with Crippen LogP contribution in [0, 0.1) is 10.1 Å². The maximum atomic E-state index is 12.0. The lowest BCUT2D eigenvalue weighted by Crippen LogP contribution is -2.30. The number of nitro benzene ring substituents is 1. The van der Waals surface area contributed by atoms with E-state index in [0.29, 0.717) is 0 Å². The molecule has 0 aliphatic rings. The second-order valence-electron chi connectivity index (χ2n) is 4.89. The lowest BCUT2D eigenvalue weighted by molar-refractivity contribution is -0.384. The van der Waals surface area contributed by atoms with Gasteiger partial charge in [-0.15, -0.1) is 0 Å². The molecule has 0 atom stereocenters. The summed E-state index contributed by atoms with van der Waals surface area (Å²) >= 11 is 8.98. The molecular weight excluding hydrogens is 416 g/mol. The Labute approximate surface area is 156 Å². The quantitative estimate of drug-likeness (QED) is 0.432. The highest BCUT2D eigenvalue weighted by Gasteiger charge is 2.17. The zero-order chi connectivity index (χ0) is 18.4.